The highest BCUT2D eigenvalue weighted by atomic mass is 15.3. The highest BCUT2D eigenvalue weighted by Crippen LogP contribution is 2.14. The van der Waals surface area contributed by atoms with Crippen LogP contribution < -0.4 is 5.32 Å². The topological polar surface area (TPSA) is 58.5 Å². The molecule has 0 atom stereocenters. The monoisotopic (exact) mass is 253 g/mol. The SMILES string of the molecule is Cc1[nH]ncc1CNc1ccc(-n2cccn2)cc1. The molecule has 0 unspecified atom stereocenters. The van der Waals surface area contributed by atoms with Crippen LogP contribution in [0.2, 0.25) is 0 Å². The molecule has 96 valence electrons. The van der Waals surface area contributed by atoms with E-state index in [4.69, 9.17) is 0 Å². The molecule has 0 aliphatic heterocycles. The summed E-state index contributed by atoms with van der Waals surface area (Å²) in [4.78, 5) is 0. The van der Waals surface area contributed by atoms with Crippen molar-refractivity contribution in [2.24, 2.45) is 0 Å². The third kappa shape index (κ3) is 2.49. The largest absolute Gasteiger partial charge is 0.381 e. The van der Waals surface area contributed by atoms with Gasteiger partial charge in [0.1, 0.15) is 0 Å². The van der Waals surface area contributed by atoms with Crippen molar-refractivity contribution in [2.75, 3.05) is 5.32 Å². The molecular formula is C14H15N5. The lowest BCUT2D eigenvalue weighted by atomic mass is 10.2. The molecular weight excluding hydrogens is 238 g/mol. The average Bonchev–Trinajstić information content (AvgIpc) is 3.09. The molecule has 3 rings (SSSR count). The molecule has 2 heterocycles. The lowest BCUT2D eigenvalue weighted by Gasteiger charge is -2.07. The molecule has 0 aliphatic rings. The second kappa shape index (κ2) is 4.97. The molecule has 5 heteroatoms. The molecule has 0 radical (unpaired) electrons. The molecule has 0 amide bonds. The second-order valence-electron chi connectivity index (χ2n) is 4.37. The van der Waals surface area contributed by atoms with Gasteiger partial charge >= 0.3 is 0 Å². The first-order valence-corrected chi connectivity index (χ1v) is 6.16. The van der Waals surface area contributed by atoms with Crippen molar-refractivity contribution < 1.29 is 0 Å². The van der Waals surface area contributed by atoms with Crippen LogP contribution in [0, 0.1) is 6.92 Å². The predicted molar refractivity (Wildman–Crippen MR) is 74.2 cm³/mol. The Morgan fingerprint density at radius 2 is 2.11 bits per heavy atom. The fourth-order valence-electron chi connectivity index (χ4n) is 1.90. The van der Waals surface area contributed by atoms with Crippen LogP contribution in [-0.2, 0) is 6.54 Å². The molecule has 0 saturated carbocycles. The van der Waals surface area contributed by atoms with E-state index in [1.807, 2.05) is 54.3 Å². The third-order valence-corrected chi connectivity index (χ3v) is 3.05. The van der Waals surface area contributed by atoms with Gasteiger partial charge in [0.2, 0.25) is 0 Å². The predicted octanol–water partition coefficient (Wildman–Crippen LogP) is 2.52. The molecule has 0 aliphatic carbocycles. The summed E-state index contributed by atoms with van der Waals surface area (Å²) in [5.74, 6) is 0. The van der Waals surface area contributed by atoms with E-state index < -0.39 is 0 Å². The van der Waals surface area contributed by atoms with Crippen LogP contribution in [0.5, 0.6) is 0 Å². The van der Waals surface area contributed by atoms with E-state index in [-0.39, 0.29) is 0 Å². The van der Waals surface area contributed by atoms with Gasteiger partial charge in [-0.1, -0.05) is 0 Å². The summed E-state index contributed by atoms with van der Waals surface area (Å²) in [5.41, 5.74) is 4.41. The van der Waals surface area contributed by atoms with Gasteiger partial charge in [-0.2, -0.15) is 10.2 Å². The quantitative estimate of drug-likeness (QED) is 0.751. The van der Waals surface area contributed by atoms with E-state index in [0.717, 1.165) is 23.6 Å². The minimum absolute atomic E-state index is 0.767. The minimum Gasteiger partial charge on any atom is -0.381 e. The number of hydrogen-bond acceptors (Lipinski definition) is 3. The van der Waals surface area contributed by atoms with Crippen LogP contribution in [-0.4, -0.2) is 20.0 Å². The Bertz CT molecular complexity index is 637. The number of anilines is 1. The molecule has 19 heavy (non-hydrogen) atoms. The van der Waals surface area contributed by atoms with Gasteiger partial charge in [0, 0.05) is 35.9 Å². The Balaban J connectivity index is 1.68. The summed E-state index contributed by atoms with van der Waals surface area (Å²) in [6.45, 7) is 2.79. The fourth-order valence-corrected chi connectivity index (χ4v) is 1.90. The summed E-state index contributed by atoms with van der Waals surface area (Å²) in [5, 5.41) is 14.5. The number of benzene rings is 1. The summed E-state index contributed by atoms with van der Waals surface area (Å²) in [7, 11) is 0. The Hall–Kier alpha value is -2.56. The van der Waals surface area contributed by atoms with Crippen molar-refractivity contribution in [3.63, 3.8) is 0 Å². The smallest absolute Gasteiger partial charge is 0.0647 e. The number of nitrogens with one attached hydrogen (secondary N) is 2. The Kier molecular flexibility index (Phi) is 3.02. The van der Waals surface area contributed by atoms with Crippen LogP contribution in [0.25, 0.3) is 5.69 Å². The van der Waals surface area contributed by atoms with Gasteiger partial charge < -0.3 is 5.32 Å². The lowest BCUT2D eigenvalue weighted by molar-refractivity contribution is 0.880. The maximum Gasteiger partial charge on any atom is 0.0647 e. The summed E-state index contributed by atoms with van der Waals surface area (Å²) in [6.07, 6.45) is 5.55. The molecule has 2 N–H and O–H groups in total. The summed E-state index contributed by atoms with van der Waals surface area (Å²) < 4.78 is 1.84. The fraction of sp³-hybridized carbons (Fsp3) is 0.143. The van der Waals surface area contributed by atoms with Gasteiger partial charge in [-0.15, -0.1) is 0 Å². The van der Waals surface area contributed by atoms with E-state index >= 15 is 0 Å². The standard InChI is InChI=1S/C14H15N5/c1-11-12(10-16-18-11)9-15-13-3-5-14(6-4-13)19-8-2-7-17-19/h2-8,10,15H,9H2,1H3,(H,16,18). The molecule has 0 saturated heterocycles. The lowest BCUT2D eigenvalue weighted by Crippen LogP contribution is -2.00. The molecule has 1 aromatic carbocycles. The van der Waals surface area contributed by atoms with E-state index in [1.165, 1.54) is 5.56 Å². The van der Waals surface area contributed by atoms with Crippen molar-refractivity contribution in [1.29, 1.82) is 0 Å². The van der Waals surface area contributed by atoms with Crippen LogP contribution >= 0.6 is 0 Å². The summed E-state index contributed by atoms with van der Waals surface area (Å²) in [6, 6.07) is 10.1. The first-order chi connectivity index (χ1) is 9.33. The van der Waals surface area contributed by atoms with Crippen LogP contribution in [0.3, 0.4) is 0 Å². The Labute approximate surface area is 111 Å². The molecule has 3 aromatic rings. The zero-order chi connectivity index (χ0) is 13.1. The third-order valence-electron chi connectivity index (χ3n) is 3.05. The first kappa shape index (κ1) is 11.5. The van der Waals surface area contributed by atoms with Crippen molar-refractivity contribution in [3.05, 3.63) is 60.2 Å². The van der Waals surface area contributed by atoms with Crippen molar-refractivity contribution in [3.8, 4) is 5.69 Å². The zero-order valence-corrected chi connectivity index (χ0v) is 10.7. The summed E-state index contributed by atoms with van der Waals surface area (Å²) >= 11 is 0. The maximum absolute atomic E-state index is 4.20. The number of nitrogens with zero attached hydrogens (tertiary/aromatic N) is 3. The molecule has 0 bridgehead atoms. The Morgan fingerprint density at radius 1 is 1.26 bits per heavy atom. The first-order valence-electron chi connectivity index (χ1n) is 6.16. The van der Waals surface area contributed by atoms with Gasteiger partial charge in [0.25, 0.3) is 0 Å². The number of rotatable bonds is 4. The van der Waals surface area contributed by atoms with E-state index in [1.54, 1.807) is 6.20 Å². The Morgan fingerprint density at radius 3 is 2.74 bits per heavy atom. The van der Waals surface area contributed by atoms with Gasteiger partial charge in [-0.05, 0) is 37.3 Å². The van der Waals surface area contributed by atoms with Crippen LogP contribution in [0.4, 0.5) is 5.69 Å². The number of aromatic amines is 1. The molecule has 5 nitrogen and oxygen atoms in total. The zero-order valence-electron chi connectivity index (χ0n) is 10.7. The van der Waals surface area contributed by atoms with Gasteiger partial charge in [-0.25, -0.2) is 4.68 Å². The van der Waals surface area contributed by atoms with Gasteiger partial charge in [-0.3, -0.25) is 5.10 Å². The van der Waals surface area contributed by atoms with E-state index in [9.17, 15) is 0 Å². The normalized spacial score (nSPS) is 10.6. The minimum atomic E-state index is 0.767. The maximum atomic E-state index is 4.20. The van der Waals surface area contributed by atoms with Gasteiger partial charge in [0.05, 0.1) is 11.9 Å². The average molecular weight is 253 g/mol. The second-order valence-corrected chi connectivity index (χ2v) is 4.37. The van der Waals surface area contributed by atoms with Crippen LogP contribution in [0.1, 0.15) is 11.3 Å². The van der Waals surface area contributed by atoms with Crippen molar-refractivity contribution in [2.45, 2.75) is 13.5 Å². The van der Waals surface area contributed by atoms with Gasteiger partial charge in [0.15, 0.2) is 0 Å². The van der Waals surface area contributed by atoms with E-state index in [0.29, 0.717) is 0 Å². The highest BCUT2D eigenvalue weighted by Gasteiger charge is 2.00. The van der Waals surface area contributed by atoms with Crippen molar-refractivity contribution in [1.82, 2.24) is 20.0 Å². The molecule has 0 fully saturated rings. The van der Waals surface area contributed by atoms with Crippen LogP contribution in [0.15, 0.2) is 48.9 Å². The highest BCUT2D eigenvalue weighted by molar-refractivity contribution is 5.48. The number of aromatic nitrogens is 4. The number of aryl methyl sites for hydroxylation is 1. The number of H-pyrrole nitrogens is 1. The van der Waals surface area contributed by atoms with E-state index in [2.05, 4.69) is 20.6 Å². The molecule has 0 spiro atoms. The van der Waals surface area contributed by atoms with Crippen molar-refractivity contribution >= 4 is 5.69 Å². The number of hydrogen-bond donors (Lipinski definition) is 2. The molecule has 2 aromatic heterocycles.